The standard InChI is InChI=1S/C16H10N/c1-2-9-14-12(7-1)13-8-3-5-11-6-4-10-15(17-14)16(11)13/h1-10H/q-1. The normalized spacial score (nSPS) is 12.0. The van der Waals surface area contributed by atoms with E-state index < -0.39 is 0 Å². The highest BCUT2D eigenvalue weighted by molar-refractivity contribution is 6.12. The summed E-state index contributed by atoms with van der Waals surface area (Å²) in [6, 6.07) is 21.1. The minimum atomic E-state index is 1.07. The van der Waals surface area contributed by atoms with Gasteiger partial charge in [0.2, 0.25) is 0 Å². The topological polar surface area (TPSA) is 14.1 Å². The molecule has 0 aromatic heterocycles. The first-order valence-electron chi connectivity index (χ1n) is 5.76. The fourth-order valence-corrected chi connectivity index (χ4v) is 2.57. The van der Waals surface area contributed by atoms with Crippen molar-refractivity contribution in [3.05, 3.63) is 66.0 Å². The molecule has 0 unspecified atom stereocenters. The molecule has 17 heavy (non-hydrogen) atoms. The number of hydrogen-bond donors (Lipinski definition) is 0. The van der Waals surface area contributed by atoms with Crippen LogP contribution >= 0.6 is 0 Å². The average molecular weight is 216 g/mol. The highest BCUT2D eigenvalue weighted by atomic mass is 14.9. The summed E-state index contributed by atoms with van der Waals surface area (Å²) in [4.78, 5) is 0. The van der Waals surface area contributed by atoms with Gasteiger partial charge in [0.25, 0.3) is 0 Å². The van der Waals surface area contributed by atoms with Crippen LogP contribution in [0.2, 0.25) is 0 Å². The summed E-state index contributed by atoms with van der Waals surface area (Å²) in [6.07, 6.45) is 0. The molecule has 0 atom stereocenters. The fraction of sp³-hybridized carbons (Fsp3) is 0. The third-order valence-corrected chi connectivity index (χ3v) is 3.32. The molecule has 0 N–H and O–H groups in total. The highest BCUT2D eigenvalue weighted by Crippen LogP contribution is 2.49. The van der Waals surface area contributed by atoms with E-state index >= 15 is 0 Å². The molecule has 3 aromatic rings. The first-order chi connectivity index (χ1) is 8.43. The van der Waals surface area contributed by atoms with Crippen LogP contribution in [0.15, 0.2) is 60.7 Å². The molecule has 1 aliphatic rings. The monoisotopic (exact) mass is 216 g/mol. The predicted octanol–water partition coefficient (Wildman–Crippen LogP) is 5.16. The van der Waals surface area contributed by atoms with E-state index in [9.17, 15) is 0 Å². The maximum Gasteiger partial charge on any atom is -0.0130 e. The van der Waals surface area contributed by atoms with E-state index in [1.165, 1.54) is 21.9 Å². The van der Waals surface area contributed by atoms with Crippen molar-refractivity contribution >= 4 is 22.1 Å². The number of benzene rings is 3. The Bertz CT molecular complexity index is 723. The van der Waals surface area contributed by atoms with Gasteiger partial charge >= 0.3 is 0 Å². The van der Waals surface area contributed by atoms with Crippen LogP contribution in [0.4, 0.5) is 11.4 Å². The second-order valence-electron chi connectivity index (χ2n) is 4.31. The Balaban J connectivity index is 2.22. The molecule has 0 saturated carbocycles. The Morgan fingerprint density at radius 1 is 0.588 bits per heavy atom. The van der Waals surface area contributed by atoms with Crippen molar-refractivity contribution in [2.45, 2.75) is 0 Å². The molecule has 0 radical (unpaired) electrons. The highest BCUT2D eigenvalue weighted by Gasteiger charge is 2.09. The van der Waals surface area contributed by atoms with E-state index in [0.29, 0.717) is 0 Å². The van der Waals surface area contributed by atoms with E-state index in [-0.39, 0.29) is 0 Å². The lowest BCUT2D eigenvalue weighted by molar-refractivity contribution is 1.59. The lowest BCUT2D eigenvalue weighted by Gasteiger charge is -2.33. The van der Waals surface area contributed by atoms with Crippen LogP contribution < -0.4 is 0 Å². The molecule has 0 aliphatic carbocycles. The zero-order valence-corrected chi connectivity index (χ0v) is 9.22. The predicted molar refractivity (Wildman–Crippen MR) is 72.1 cm³/mol. The van der Waals surface area contributed by atoms with Crippen molar-refractivity contribution in [2.24, 2.45) is 0 Å². The Kier molecular flexibility index (Phi) is 1.61. The van der Waals surface area contributed by atoms with E-state index in [1.54, 1.807) is 0 Å². The Morgan fingerprint density at radius 2 is 1.29 bits per heavy atom. The number of para-hydroxylation sites is 1. The van der Waals surface area contributed by atoms with Crippen molar-refractivity contribution in [1.29, 1.82) is 0 Å². The van der Waals surface area contributed by atoms with Crippen LogP contribution in [0.5, 0.6) is 0 Å². The lowest BCUT2D eigenvalue weighted by atomic mass is 9.93. The number of hydrogen-bond acceptors (Lipinski definition) is 0. The first-order valence-corrected chi connectivity index (χ1v) is 5.76. The van der Waals surface area contributed by atoms with Gasteiger partial charge < -0.3 is 5.32 Å². The molecule has 0 fully saturated rings. The summed E-state index contributed by atoms with van der Waals surface area (Å²) >= 11 is 0. The van der Waals surface area contributed by atoms with Gasteiger partial charge in [-0.1, -0.05) is 60.7 Å². The minimum Gasteiger partial charge on any atom is -0.657 e. The summed E-state index contributed by atoms with van der Waals surface area (Å²) in [5.41, 5.74) is 4.68. The molecule has 0 spiro atoms. The molecule has 0 amide bonds. The van der Waals surface area contributed by atoms with Gasteiger partial charge in [-0.2, -0.15) is 0 Å². The van der Waals surface area contributed by atoms with Gasteiger partial charge in [-0.05, 0) is 21.9 Å². The molecule has 0 saturated heterocycles. The molecular weight excluding hydrogens is 206 g/mol. The molecule has 4 rings (SSSR count). The van der Waals surface area contributed by atoms with Gasteiger partial charge in [-0.3, -0.25) is 0 Å². The van der Waals surface area contributed by atoms with E-state index in [1.807, 2.05) is 6.07 Å². The number of nitrogens with zero attached hydrogens (tertiary/aromatic N) is 1. The molecule has 0 bridgehead atoms. The maximum absolute atomic E-state index is 4.73. The van der Waals surface area contributed by atoms with Gasteiger partial charge in [0.1, 0.15) is 0 Å². The summed E-state index contributed by atoms with van der Waals surface area (Å²) in [6.45, 7) is 0. The van der Waals surface area contributed by atoms with Crippen molar-refractivity contribution in [3.8, 4) is 11.1 Å². The Morgan fingerprint density at radius 3 is 2.24 bits per heavy atom. The first kappa shape index (κ1) is 8.82. The average Bonchev–Trinajstić information content (AvgIpc) is 2.39. The maximum atomic E-state index is 4.73. The molecule has 1 heteroatoms. The Labute approximate surface area is 99.7 Å². The molecule has 80 valence electrons. The fourth-order valence-electron chi connectivity index (χ4n) is 2.57. The number of fused-ring (bicyclic) bond motifs is 2. The van der Waals surface area contributed by atoms with Crippen LogP contribution in [-0.2, 0) is 0 Å². The third kappa shape index (κ3) is 1.14. The second kappa shape index (κ2) is 3.11. The molecule has 1 nitrogen and oxygen atoms in total. The molecule has 1 aliphatic heterocycles. The van der Waals surface area contributed by atoms with E-state index in [0.717, 1.165) is 11.4 Å². The van der Waals surface area contributed by atoms with Gasteiger partial charge in [0, 0.05) is 0 Å². The minimum absolute atomic E-state index is 1.07. The van der Waals surface area contributed by atoms with Gasteiger partial charge in [-0.25, -0.2) is 0 Å². The second-order valence-corrected chi connectivity index (χ2v) is 4.31. The van der Waals surface area contributed by atoms with Crippen LogP contribution in [0.3, 0.4) is 0 Å². The van der Waals surface area contributed by atoms with Crippen molar-refractivity contribution in [1.82, 2.24) is 0 Å². The van der Waals surface area contributed by atoms with Crippen molar-refractivity contribution in [3.63, 3.8) is 0 Å². The quantitative estimate of drug-likeness (QED) is 0.385. The van der Waals surface area contributed by atoms with Crippen LogP contribution in [0, 0.1) is 0 Å². The zero-order chi connectivity index (χ0) is 11.2. The van der Waals surface area contributed by atoms with E-state index in [2.05, 4.69) is 54.6 Å². The Hall–Kier alpha value is -2.28. The lowest BCUT2D eigenvalue weighted by Crippen LogP contribution is -1.88. The van der Waals surface area contributed by atoms with Crippen LogP contribution in [-0.4, -0.2) is 0 Å². The summed E-state index contributed by atoms with van der Waals surface area (Å²) in [5.74, 6) is 0. The molecule has 3 aromatic carbocycles. The van der Waals surface area contributed by atoms with Gasteiger partial charge in [0.15, 0.2) is 0 Å². The van der Waals surface area contributed by atoms with Crippen molar-refractivity contribution in [2.75, 3.05) is 0 Å². The SMILES string of the molecule is c1ccc2c(c1)[N-]c1cccc3cccc-2c13. The van der Waals surface area contributed by atoms with Gasteiger partial charge in [-0.15, -0.1) is 11.4 Å². The summed E-state index contributed by atoms with van der Waals surface area (Å²) < 4.78 is 0. The van der Waals surface area contributed by atoms with Crippen LogP contribution in [0.1, 0.15) is 0 Å². The third-order valence-electron chi connectivity index (χ3n) is 3.32. The molecular formula is C16H10N-. The van der Waals surface area contributed by atoms with E-state index in [4.69, 9.17) is 5.32 Å². The smallest absolute Gasteiger partial charge is 0.0130 e. The van der Waals surface area contributed by atoms with Crippen molar-refractivity contribution < 1.29 is 0 Å². The largest absolute Gasteiger partial charge is 0.657 e. The number of rotatable bonds is 0. The summed E-state index contributed by atoms with van der Waals surface area (Å²) in [7, 11) is 0. The van der Waals surface area contributed by atoms with Gasteiger partial charge in [0.05, 0.1) is 0 Å². The summed E-state index contributed by atoms with van der Waals surface area (Å²) in [5, 5.41) is 7.26. The zero-order valence-electron chi connectivity index (χ0n) is 9.22. The van der Waals surface area contributed by atoms with Crippen LogP contribution in [0.25, 0.3) is 27.2 Å². The molecule has 1 heterocycles.